The quantitative estimate of drug-likeness (QED) is 0.563. The van der Waals surface area contributed by atoms with Crippen LogP contribution in [0.3, 0.4) is 0 Å². The largest absolute Gasteiger partial charge is 0.355 e. The standard InChI is InChI=1S/C18H20N4O5S/c1-19-18(23)13-4-6-14(7-5-13)20-16-9-8-15(12-17(16)22(24)25)28(26,27)21-10-2-3-11-21/h4-9,12,20H,2-3,10-11H2,1H3,(H,19,23). The number of sulfonamides is 1. The normalized spacial score (nSPS) is 14.6. The van der Waals surface area contributed by atoms with Crippen molar-refractivity contribution in [2.45, 2.75) is 17.7 Å². The third-order valence-electron chi connectivity index (χ3n) is 4.52. The molecule has 1 saturated heterocycles. The monoisotopic (exact) mass is 404 g/mol. The lowest BCUT2D eigenvalue weighted by Gasteiger charge is -2.16. The number of carbonyl (C=O) groups is 1. The van der Waals surface area contributed by atoms with Gasteiger partial charge in [0.25, 0.3) is 11.6 Å². The molecule has 9 nitrogen and oxygen atoms in total. The molecule has 1 aliphatic rings. The fourth-order valence-corrected chi connectivity index (χ4v) is 4.55. The molecule has 28 heavy (non-hydrogen) atoms. The molecule has 0 aromatic heterocycles. The van der Waals surface area contributed by atoms with E-state index in [2.05, 4.69) is 10.6 Å². The van der Waals surface area contributed by atoms with Crippen molar-refractivity contribution in [3.05, 3.63) is 58.1 Å². The molecular weight excluding hydrogens is 384 g/mol. The highest BCUT2D eigenvalue weighted by atomic mass is 32.2. The number of carbonyl (C=O) groups excluding carboxylic acids is 1. The first kappa shape index (κ1) is 19.8. The van der Waals surface area contributed by atoms with Gasteiger partial charge in [0.2, 0.25) is 10.0 Å². The fourth-order valence-electron chi connectivity index (χ4n) is 3.01. The zero-order chi connectivity index (χ0) is 20.3. The van der Waals surface area contributed by atoms with Crippen LogP contribution in [0.15, 0.2) is 47.4 Å². The van der Waals surface area contributed by atoms with E-state index < -0.39 is 14.9 Å². The summed E-state index contributed by atoms with van der Waals surface area (Å²) in [5, 5.41) is 16.9. The molecule has 1 fully saturated rings. The zero-order valence-corrected chi connectivity index (χ0v) is 16.0. The lowest BCUT2D eigenvalue weighted by atomic mass is 10.2. The topological polar surface area (TPSA) is 122 Å². The van der Waals surface area contributed by atoms with E-state index in [0.717, 1.165) is 18.9 Å². The van der Waals surface area contributed by atoms with Crippen LogP contribution in [-0.2, 0) is 10.0 Å². The Hall–Kier alpha value is -2.98. The number of anilines is 2. The number of hydrogen-bond acceptors (Lipinski definition) is 6. The summed E-state index contributed by atoms with van der Waals surface area (Å²) in [6.07, 6.45) is 1.57. The van der Waals surface area contributed by atoms with Gasteiger partial charge in [0.15, 0.2) is 0 Å². The van der Waals surface area contributed by atoms with Crippen LogP contribution < -0.4 is 10.6 Å². The van der Waals surface area contributed by atoms with Gasteiger partial charge in [-0.25, -0.2) is 8.42 Å². The molecule has 2 N–H and O–H groups in total. The van der Waals surface area contributed by atoms with Gasteiger partial charge in [-0.15, -0.1) is 0 Å². The van der Waals surface area contributed by atoms with Crippen molar-refractivity contribution in [2.24, 2.45) is 0 Å². The van der Waals surface area contributed by atoms with Gasteiger partial charge in [0.1, 0.15) is 5.69 Å². The summed E-state index contributed by atoms with van der Waals surface area (Å²) in [4.78, 5) is 22.4. The number of nitro groups is 1. The van der Waals surface area contributed by atoms with Gasteiger partial charge in [-0.3, -0.25) is 14.9 Å². The van der Waals surface area contributed by atoms with Crippen molar-refractivity contribution in [1.29, 1.82) is 0 Å². The van der Waals surface area contributed by atoms with E-state index in [9.17, 15) is 23.3 Å². The minimum absolute atomic E-state index is 0.0957. The maximum atomic E-state index is 12.7. The number of amides is 1. The zero-order valence-electron chi connectivity index (χ0n) is 15.2. The summed E-state index contributed by atoms with van der Waals surface area (Å²) in [5.74, 6) is -0.242. The van der Waals surface area contributed by atoms with Crippen LogP contribution in [0.5, 0.6) is 0 Å². The molecule has 2 aromatic carbocycles. The summed E-state index contributed by atoms with van der Waals surface area (Å²) < 4.78 is 26.7. The Morgan fingerprint density at radius 2 is 1.75 bits per heavy atom. The first-order chi connectivity index (χ1) is 13.3. The summed E-state index contributed by atoms with van der Waals surface area (Å²) in [5.41, 5.74) is 0.814. The molecule has 0 aliphatic carbocycles. The summed E-state index contributed by atoms with van der Waals surface area (Å²) >= 11 is 0. The van der Waals surface area contributed by atoms with E-state index in [4.69, 9.17) is 0 Å². The molecule has 0 unspecified atom stereocenters. The molecule has 3 rings (SSSR count). The van der Waals surface area contributed by atoms with Gasteiger partial charge in [0, 0.05) is 37.5 Å². The minimum atomic E-state index is -3.75. The number of benzene rings is 2. The van der Waals surface area contributed by atoms with Crippen LogP contribution in [0.25, 0.3) is 0 Å². The molecule has 10 heteroatoms. The number of nitrogens with zero attached hydrogens (tertiary/aromatic N) is 2. The Kier molecular flexibility index (Phi) is 5.61. The molecule has 1 aliphatic heterocycles. The third kappa shape index (κ3) is 3.97. The predicted molar refractivity (Wildman–Crippen MR) is 104 cm³/mol. The van der Waals surface area contributed by atoms with Crippen LogP contribution in [0.4, 0.5) is 17.1 Å². The number of nitro benzene ring substituents is 1. The summed E-state index contributed by atoms with van der Waals surface area (Å²) in [6, 6.07) is 10.2. The van der Waals surface area contributed by atoms with Crippen molar-refractivity contribution in [1.82, 2.24) is 9.62 Å². The number of rotatable bonds is 6. The molecule has 0 atom stereocenters. The van der Waals surface area contributed by atoms with Crippen LogP contribution in [-0.4, -0.2) is 43.7 Å². The summed E-state index contributed by atoms with van der Waals surface area (Å²) in [6.45, 7) is 0.849. The number of hydrogen-bond donors (Lipinski definition) is 2. The lowest BCUT2D eigenvalue weighted by Crippen LogP contribution is -2.27. The van der Waals surface area contributed by atoms with Crippen LogP contribution in [0.1, 0.15) is 23.2 Å². The first-order valence-corrected chi connectivity index (χ1v) is 10.1. The van der Waals surface area contributed by atoms with Gasteiger partial charge in [-0.1, -0.05) is 0 Å². The van der Waals surface area contributed by atoms with E-state index in [1.54, 1.807) is 24.3 Å². The van der Waals surface area contributed by atoms with E-state index in [-0.39, 0.29) is 22.2 Å². The average Bonchev–Trinajstić information content (AvgIpc) is 3.23. The van der Waals surface area contributed by atoms with E-state index in [0.29, 0.717) is 24.3 Å². The Balaban J connectivity index is 1.89. The smallest absolute Gasteiger partial charge is 0.294 e. The van der Waals surface area contributed by atoms with Crippen molar-refractivity contribution in [3.8, 4) is 0 Å². The Morgan fingerprint density at radius 3 is 2.32 bits per heavy atom. The minimum Gasteiger partial charge on any atom is -0.355 e. The first-order valence-electron chi connectivity index (χ1n) is 8.70. The molecule has 2 aromatic rings. The van der Waals surface area contributed by atoms with Gasteiger partial charge >= 0.3 is 0 Å². The highest BCUT2D eigenvalue weighted by molar-refractivity contribution is 7.89. The maximum absolute atomic E-state index is 12.7. The highest BCUT2D eigenvalue weighted by Gasteiger charge is 2.29. The molecular formula is C18H20N4O5S. The maximum Gasteiger partial charge on any atom is 0.294 e. The predicted octanol–water partition coefficient (Wildman–Crippen LogP) is 2.48. The van der Waals surface area contributed by atoms with Gasteiger partial charge < -0.3 is 10.6 Å². The van der Waals surface area contributed by atoms with E-state index in [1.807, 2.05) is 0 Å². The van der Waals surface area contributed by atoms with E-state index >= 15 is 0 Å². The Labute approximate surface area is 162 Å². The molecule has 0 radical (unpaired) electrons. The van der Waals surface area contributed by atoms with Gasteiger partial charge in [-0.2, -0.15) is 4.31 Å². The molecule has 1 amide bonds. The van der Waals surface area contributed by atoms with Gasteiger partial charge in [-0.05, 0) is 49.2 Å². The van der Waals surface area contributed by atoms with Crippen LogP contribution in [0, 0.1) is 10.1 Å². The van der Waals surface area contributed by atoms with Crippen molar-refractivity contribution in [3.63, 3.8) is 0 Å². The van der Waals surface area contributed by atoms with Crippen molar-refractivity contribution >= 4 is 33.0 Å². The fraction of sp³-hybridized carbons (Fsp3) is 0.278. The Bertz CT molecular complexity index is 999. The van der Waals surface area contributed by atoms with Crippen molar-refractivity contribution in [2.75, 3.05) is 25.5 Å². The summed E-state index contributed by atoms with van der Waals surface area (Å²) in [7, 11) is -2.22. The number of nitrogens with one attached hydrogen (secondary N) is 2. The molecule has 0 saturated carbocycles. The average molecular weight is 404 g/mol. The molecule has 1 heterocycles. The Morgan fingerprint density at radius 1 is 1.11 bits per heavy atom. The van der Waals surface area contributed by atoms with E-state index in [1.165, 1.54) is 23.5 Å². The van der Waals surface area contributed by atoms with Crippen LogP contribution >= 0.6 is 0 Å². The second kappa shape index (κ2) is 7.95. The van der Waals surface area contributed by atoms with Gasteiger partial charge in [0.05, 0.1) is 9.82 Å². The van der Waals surface area contributed by atoms with Crippen LogP contribution in [0.2, 0.25) is 0 Å². The molecule has 0 spiro atoms. The molecule has 0 bridgehead atoms. The molecule has 148 valence electrons. The second-order valence-corrected chi connectivity index (χ2v) is 8.27. The third-order valence-corrected chi connectivity index (χ3v) is 6.42. The second-order valence-electron chi connectivity index (χ2n) is 6.33. The lowest BCUT2D eigenvalue weighted by molar-refractivity contribution is -0.384. The highest BCUT2D eigenvalue weighted by Crippen LogP contribution is 2.32. The van der Waals surface area contributed by atoms with Crippen molar-refractivity contribution < 1.29 is 18.1 Å². The SMILES string of the molecule is CNC(=O)c1ccc(Nc2ccc(S(=O)(=O)N3CCCC3)cc2[N+](=O)[O-])cc1.